The predicted octanol–water partition coefficient (Wildman–Crippen LogP) is 0.191. The summed E-state index contributed by atoms with van der Waals surface area (Å²) in [6.07, 6.45) is -5.35. The topological polar surface area (TPSA) is 136 Å². The molecule has 1 unspecified atom stereocenters. The van der Waals surface area contributed by atoms with E-state index >= 15 is 0 Å². The number of hydrogen-bond donors (Lipinski definition) is 1. The lowest BCUT2D eigenvalue weighted by molar-refractivity contribution is -0.177. The van der Waals surface area contributed by atoms with E-state index in [0.29, 0.717) is 10.5 Å². The Hall–Kier alpha value is -3.42. The van der Waals surface area contributed by atoms with E-state index < -0.39 is 69.2 Å². The van der Waals surface area contributed by atoms with Crippen molar-refractivity contribution in [2.45, 2.75) is 31.1 Å². The molecule has 1 fully saturated rings. The van der Waals surface area contributed by atoms with Gasteiger partial charge < -0.3 is 14.8 Å². The van der Waals surface area contributed by atoms with Gasteiger partial charge in [-0.05, 0) is 5.56 Å². The molecule has 14 heteroatoms. The first-order chi connectivity index (χ1) is 15.3. The van der Waals surface area contributed by atoms with Crippen molar-refractivity contribution in [2.24, 2.45) is 0 Å². The molecule has 1 aromatic rings. The number of benzene rings is 1. The lowest BCUT2D eigenvalue weighted by Crippen LogP contribution is -2.75. The van der Waals surface area contributed by atoms with Gasteiger partial charge in [-0.1, -0.05) is 30.3 Å². The van der Waals surface area contributed by atoms with E-state index in [0.717, 1.165) is 6.92 Å². The fourth-order valence-corrected chi connectivity index (χ4v) is 5.33. The average molecular weight is 490 g/mol. The molecular formula is C19H17F3N2O8S. The van der Waals surface area contributed by atoms with Crippen molar-refractivity contribution >= 4 is 33.6 Å². The molecule has 0 radical (unpaired) electrons. The number of esters is 2. The van der Waals surface area contributed by atoms with Gasteiger partial charge in [0.05, 0.1) is 5.75 Å². The number of β-lactam (4-membered cyclic amide) rings is 1. The summed E-state index contributed by atoms with van der Waals surface area (Å²) in [6.45, 7) is 0.115. The Labute approximate surface area is 185 Å². The molecule has 1 aromatic carbocycles. The zero-order valence-electron chi connectivity index (χ0n) is 16.9. The van der Waals surface area contributed by atoms with Gasteiger partial charge in [0.15, 0.2) is 15.2 Å². The molecule has 10 nitrogen and oxygen atoms in total. The maximum atomic E-state index is 12.8. The average Bonchev–Trinajstić information content (AvgIpc) is 2.73. The molecule has 2 aliphatic heterocycles. The highest BCUT2D eigenvalue weighted by atomic mass is 32.2. The second-order valence-electron chi connectivity index (χ2n) is 7.15. The Kier molecular flexibility index (Phi) is 6.49. The SMILES string of the molecule is CC(=O)OCC1=C(C(=O)OCc2ccccc2)N2C(=O)[C@@H](NC(=O)C(F)(F)F)C2S(=O)(=O)C1. The van der Waals surface area contributed by atoms with E-state index in [1.54, 1.807) is 30.3 Å². The highest BCUT2D eigenvalue weighted by Gasteiger charge is 2.62. The Morgan fingerprint density at radius 2 is 1.76 bits per heavy atom. The molecule has 1 N–H and O–H groups in total. The fourth-order valence-electron chi connectivity index (χ4n) is 3.33. The quantitative estimate of drug-likeness (QED) is 0.441. The van der Waals surface area contributed by atoms with Gasteiger partial charge in [0.2, 0.25) is 0 Å². The third kappa shape index (κ3) is 4.99. The van der Waals surface area contributed by atoms with Crippen molar-refractivity contribution in [2.75, 3.05) is 12.4 Å². The van der Waals surface area contributed by atoms with Crippen molar-refractivity contribution in [3.05, 3.63) is 47.2 Å². The van der Waals surface area contributed by atoms with Gasteiger partial charge in [0.1, 0.15) is 25.0 Å². The lowest BCUT2D eigenvalue weighted by atomic mass is 10.0. The van der Waals surface area contributed by atoms with Crippen LogP contribution in [0.5, 0.6) is 0 Å². The lowest BCUT2D eigenvalue weighted by Gasteiger charge is -2.49. The van der Waals surface area contributed by atoms with Crippen LogP contribution in [0.3, 0.4) is 0 Å². The van der Waals surface area contributed by atoms with Gasteiger partial charge in [0, 0.05) is 12.5 Å². The van der Waals surface area contributed by atoms with Gasteiger partial charge >= 0.3 is 24.0 Å². The molecule has 0 spiro atoms. The van der Waals surface area contributed by atoms with Crippen LogP contribution >= 0.6 is 0 Å². The zero-order valence-corrected chi connectivity index (χ0v) is 17.7. The summed E-state index contributed by atoms with van der Waals surface area (Å²) in [6, 6.07) is 6.28. The third-order valence-corrected chi connectivity index (χ3v) is 6.73. The normalized spacial score (nSPS) is 21.6. The zero-order chi connectivity index (χ0) is 24.6. The van der Waals surface area contributed by atoms with Gasteiger partial charge in [0.25, 0.3) is 5.91 Å². The molecule has 2 heterocycles. The van der Waals surface area contributed by atoms with Crippen molar-refractivity contribution in [3.8, 4) is 0 Å². The monoisotopic (exact) mass is 490 g/mol. The van der Waals surface area contributed by atoms with Gasteiger partial charge in [-0.3, -0.25) is 19.3 Å². The summed E-state index contributed by atoms with van der Waals surface area (Å²) >= 11 is 0. The molecule has 2 aliphatic rings. The largest absolute Gasteiger partial charge is 0.471 e. The number of fused-ring (bicyclic) bond motifs is 1. The van der Waals surface area contributed by atoms with Crippen molar-refractivity contribution < 1.29 is 50.2 Å². The molecule has 2 amide bonds. The summed E-state index contributed by atoms with van der Waals surface area (Å²) < 4.78 is 73.1. The Morgan fingerprint density at radius 3 is 2.33 bits per heavy atom. The number of nitrogens with one attached hydrogen (secondary N) is 1. The predicted molar refractivity (Wildman–Crippen MR) is 102 cm³/mol. The Bertz CT molecular complexity index is 1130. The standard InChI is InChI=1S/C19H17F3N2O8S/c1-10(25)31-8-12-9-33(29,30)16-13(23-18(28)19(20,21)22)15(26)24(16)14(12)17(27)32-7-11-5-3-2-4-6-11/h2-6,13,16H,7-9H2,1H3,(H,23,28)/t13-,16?/m1/s1. The number of ether oxygens (including phenoxy) is 2. The molecule has 33 heavy (non-hydrogen) atoms. The number of nitrogens with zero attached hydrogens (tertiary/aromatic N) is 1. The van der Waals surface area contributed by atoms with E-state index in [4.69, 9.17) is 9.47 Å². The van der Waals surface area contributed by atoms with Crippen LogP contribution in [0.1, 0.15) is 12.5 Å². The van der Waals surface area contributed by atoms with Crippen LogP contribution in [0.25, 0.3) is 0 Å². The number of hydrogen-bond acceptors (Lipinski definition) is 8. The van der Waals surface area contributed by atoms with E-state index in [1.807, 2.05) is 0 Å². The van der Waals surface area contributed by atoms with Gasteiger partial charge in [-0.15, -0.1) is 0 Å². The van der Waals surface area contributed by atoms with Gasteiger partial charge in [-0.2, -0.15) is 13.2 Å². The van der Waals surface area contributed by atoms with Crippen molar-refractivity contribution in [3.63, 3.8) is 0 Å². The summed E-state index contributed by atoms with van der Waals surface area (Å²) in [7, 11) is -4.36. The number of carbonyl (C=O) groups excluding carboxylic acids is 4. The van der Waals surface area contributed by atoms with E-state index in [2.05, 4.69) is 0 Å². The summed E-state index contributed by atoms with van der Waals surface area (Å²) in [4.78, 5) is 48.2. The maximum Gasteiger partial charge on any atom is 0.471 e. The number of rotatable bonds is 6. The molecule has 0 bridgehead atoms. The minimum Gasteiger partial charge on any atom is -0.461 e. The summed E-state index contributed by atoms with van der Waals surface area (Å²) in [5.74, 6) is -6.60. The van der Waals surface area contributed by atoms with Crippen LogP contribution in [-0.2, 0) is 45.1 Å². The summed E-state index contributed by atoms with van der Waals surface area (Å²) in [5.41, 5.74) is -0.277. The minimum atomic E-state index is -5.35. The van der Waals surface area contributed by atoms with Crippen LogP contribution in [0.4, 0.5) is 13.2 Å². The molecular weight excluding hydrogens is 473 g/mol. The van der Waals surface area contributed by atoms with E-state index in [-0.39, 0.29) is 12.2 Å². The van der Waals surface area contributed by atoms with Gasteiger partial charge in [-0.25, -0.2) is 13.2 Å². The van der Waals surface area contributed by atoms with Crippen LogP contribution in [-0.4, -0.2) is 67.0 Å². The summed E-state index contributed by atoms with van der Waals surface area (Å²) in [5, 5.41) is -0.599. The Balaban J connectivity index is 1.92. The highest BCUT2D eigenvalue weighted by Crippen LogP contribution is 2.37. The van der Waals surface area contributed by atoms with Crippen LogP contribution in [0, 0.1) is 0 Å². The fraction of sp³-hybridized carbons (Fsp3) is 0.368. The molecule has 2 atom stereocenters. The smallest absolute Gasteiger partial charge is 0.461 e. The molecule has 1 saturated heterocycles. The number of halogens is 3. The second kappa shape index (κ2) is 8.84. The molecule has 178 valence electrons. The highest BCUT2D eigenvalue weighted by molar-refractivity contribution is 7.92. The van der Waals surface area contributed by atoms with Crippen molar-refractivity contribution in [1.29, 1.82) is 0 Å². The Morgan fingerprint density at radius 1 is 1.12 bits per heavy atom. The van der Waals surface area contributed by atoms with Crippen LogP contribution in [0.15, 0.2) is 41.6 Å². The van der Waals surface area contributed by atoms with Crippen molar-refractivity contribution in [1.82, 2.24) is 10.2 Å². The first-order valence-corrected chi connectivity index (χ1v) is 11.0. The van der Waals surface area contributed by atoms with Crippen LogP contribution < -0.4 is 5.32 Å². The van der Waals surface area contributed by atoms with E-state index in [9.17, 15) is 40.8 Å². The minimum absolute atomic E-state index is 0.252. The third-order valence-electron chi connectivity index (χ3n) is 4.76. The first-order valence-electron chi connectivity index (χ1n) is 9.31. The maximum absolute atomic E-state index is 12.8. The van der Waals surface area contributed by atoms with Crippen LogP contribution in [0.2, 0.25) is 0 Å². The molecule has 0 saturated carbocycles. The number of alkyl halides is 3. The second-order valence-corrected chi connectivity index (χ2v) is 9.25. The first kappa shape index (κ1) is 24.2. The number of amides is 2. The van der Waals surface area contributed by atoms with E-state index in [1.165, 1.54) is 5.32 Å². The number of carbonyl (C=O) groups is 4. The number of sulfone groups is 1. The molecule has 3 rings (SSSR count). The molecule has 0 aliphatic carbocycles. The molecule has 0 aromatic heterocycles.